The summed E-state index contributed by atoms with van der Waals surface area (Å²) >= 11 is 6.54. The van der Waals surface area contributed by atoms with Gasteiger partial charge in [0, 0.05) is 32.7 Å². The minimum atomic E-state index is -1.37. The summed E-state index contributed by atoms with van der Waals surface area (Å²) in [4.78, 5) is 26.5. The summed E-state index contributed by atoms with van der Waals surface area (Å²) in [5.74, 6) is 0.435. The fourth-order valence-corrected chi connectivity index (χ4v) is 4.90. The molecule has 0 saturated carbocycles. The first-order chi connectivity index (χ1) is 16.2. The second kappa shape index (κ2) is 9.98. The molecule has 0 aromatic heterocycles. The summed E-state index contributed by atoms with van der Waals surface area (Å²) in [5.41, 5.74) is 1.25. The maximum Gasteiger partial charge on any atom is 0.409 e. The number of methoxy groups -OCH3 is 1. The number of amides is 2. The Morgan fingerprint density at radius 3 is 2.85 bits per heavy atom. The molecule has 1 unspecified atom stereocenters. The predicted molar refractivity (Wildman–Crippen MR) is 128 cm³/mol. The highest BCUT2D eigenvalue weighted by atomic mass is 35.5. The van der Waals surface area contributed by atoms with Gasteiger partial charge < -0.3 is 24.2 Å². The van der Waals surface area contributed by atoms with Crippen LogP contribution in [0.25, 0.3) is 0 Å². The van der Waals surface area contributed by atoms with Crippen molar-refractivity contribution in [2.24, 2.45) is 0 Å². The second-order valence-corrected chi connectivity index (χ2v) is 9.66. The van der Waals surface area contributed by atoms with Gasteiger partial charge in [-0.3, -0.25) is 10.1 Å². The van der Waals surface area contributed by atoms with Crippen molar-refractivity contribution in [1.82, 2.24) is 5.32 Å². The lowest BCUT2D eigenvalue weighted by Crippen LogP contribution is -2.56. The monoisotopic (exact) mass is 490 g/mol. The number of epoxide rings is 1. The molecule has 4 rings (SSSR count). The van der Waals surface area contributed by atoms with Crippen molar-refractivity contribution in [2.75, 3.05) is 19.1 Å². The zero-order valence-corrected chi connectivity index (χ0v) is 20.4. The molecule has 4 bridgehead atoms. The number of benzene rings is 1. The van der Waals surface area contributed by atoms with Crippen molar-refractivity contribution in [2.45, 2.75) is 69.5 Å². The van der Waals surface area contributed by atoms with Crippen molar-refractivity contribution in [3.8, 4) is 5.75 Å². The minimum Gasteiger partial charge on any atom is -0.495 e. The predicted octanol–water partition coefficient (Wildman–Crippen LogP) is 3.88. The van der Waals surface area contributed by atoms with Crippen LogP contribution in [-0.2, 0) is 20.7 Å². The SMILES string of the molecule is COc1cc2cc(c1Cl)N(C)C(=O)CC[C@@H]1O[C@H]1CC1C[C@](O)(C/C=C/C=C(\C)C2)NC(=O)O1. The van der Waals surface area contributed by atoms with Crippen molar-refractivity contribution >= 4 is 29.3 Å². The van der Waals surface area contributed by atoms with Crippen LogP contribution >= 0.6 is 11.6 Å². The number of hydrogen-bond donors (Lipinski definition) is 2. The summed E-state index contributed by atoms with van der Waals surface area (Å²) in [5, 5.41) is 13.8. The van der Waals surface area contributed by atoms with Crippen molar-refractivity contribution in [3.05, 3.63) is 46.5 Å². The van der Waals surface area contributed by atoms with Gasteiger partial charge in [-0.25, -0.2) is 4.79 Å². The smallest absolute Gasteiger partial charge is 0.409 e. The van der Waals surface area contributed by atoms with E-state index in [9.17, 15) is 14.7 Å². The van der Waals surface area contributed by atoms with Crippen LogP contribution in [0.2, 0.25) is 5.02 Å². The molecule has 0 radical (unpaired) electrons. The van der Waals surface area contributed by atoms with E-state index in [0.717, 1.165) is 11.1 Å². The molecule has 2 saturated heterocycles. The lowest BCUT2D eigenvalue weighted by Gasteiger charge is -2.36. The Morgan fingerprint density at radius 2 is 2.09 bits per heavy atom. The van der Waals surface area contributed by atoms with Crippen molar-refractivity contribution in [3.63, 3.8) is 0 Å². The summed E-state index contributed by atoms with van der Waals surface area (Å²) in [6.45, 7) is 2.00. The molecule has 0 spiro atoms. The van der Waals surface area contributed by atoms with Gasteiger partial charge in [-0.15, -0.1) is 0 Å². The third kappa shape index (κ3) is 5.74. The zero-order valence-electron chi connectivity index (χ0n) is 19.7. The molecular formula is C25H31ClN2O6. The lowest BCUT2D eigenvalue weighted by molar-refractivity contribution is -0.118. The van der Waals surface area contributed by atoms with E-state index >= 15 is 0 Å². The van der Waals surface area contributed by atoms with Gasteiger partial charge in [0.15, 0.2) is 0 Å². The van der Waals surface area contributed by atoms with Crippen LogP contribution in [0, 0.1) is 0 Å². The number of halogens is 1. The first kappa shape index (κ1) is 24.6. The van der Waals surface area contributed by atoms with Crippen LogP contribution in [0.3, 0.4) is 0 Å². The Balaban J connectivity index is 1.61. The van der Waals surface area contributed by atoms with E-state index in [2.05, 4.69) is 5.32 Å². The number of aliphatic hydroxyl groups is 1. The minimum absolute atomic E-state index is 0.0777. The average molecular weight is 491 g/mol. The molecule has 2 fully saturated rings. The molecule has 2 amide bonds. The van der Waals surface area contributed by atoms with E-state index < -0.39 is 17.9 Å². The molecule has 3 heterocycles. The average Bonchev–Trinajstić information content (AvgIpc) is 3.51. The van der Waals surface area contributed by atoms with Gasteiger partial charge in [-0.2, -0.15) is 0 Å². The van der Waals surface area contributed by atoms with Crippen LogP contribution in [0.1, 0.15) is 44.6 Å². The maximum absolute atomic E-state index is 12.9. The topological polar surface area (TPSA) is 101 Å². The number of nitrogens with one attached hydrogen (secondary N) is 1. The standard InChI is InChI=1S/C25H31ClN2O6/c1-15-6-4-5-9-25(31)14-17(33-24(30)27-25)13-20-19(34-20)7-8-22(29)28(2)18-11-16(10-15)12-21(32-3)23(18)26/h4-6,11-12,17,19-20,31H,7-10,13-14H2,1-3H3,(H,27,30)/b5-4+,15-6+/t17?,19-,20-,25+/m0/s1. The molecule has 0 aliphatic carbocycles. The summed E-state index contributed by atoms with van der Waals surface area (Å²) in [6.07, 6.45) is 6.86. The Morgan fingerprint density at radius 1 is 1.29 bits per heavy atom. The number of nitrogens with zero attached hydrogens (tertiary/aromatic N) is 1. The molecule has 184 valence electrons. The van der Waals surface area contributed by atoms with Crippen LogP contribution in [0.5, 0.6) is 5.75 Å². The Kier molecular flexibility index (Phi) is 7.21. The Hall–Kier alpha value is -2.55. The normalized spacial score (nSPS) is 32.6. The molecule has 1 aromatic carbocycles. The van der Waals surface area contributed by atoms with Gasteiger partial charge in [0.05, 0.1) is 25.0 Å². The lowest BCUT2D eigenvalue weighted by atomic mass is 9.96. The summed E-state index contributed by atoms with van der Waals surface area (Å²) < 4.78 is 16.5. The Labute approximate surface area is 204 Å². The number of carbonyl (C=O) groups excluding carboxylic acids is 2. The molecule has 8 nitrogen and oxygen atoms in total. The van der Waals surface area contributed by atoms with Crippen LogP contribution in [0.15, 0.2) is 35.9 Å². The highest BCUT2D eigenvalue weighted by molar-refractivity contribution is 6.35. The number of allylic oxidation sites excluding steroid dienone is 3. The fraction of sp³-hybridized carbons (Fsp3) is 0.520. The van der Waals surface area contributed by atoms with E-state index in [4.69, 9.17) is 25.8 Å². The molecule has 9 heteroatoms. The van der Waals surface area contributed by atoms with Gasteiger partial charge in [0.2, 0.25) is 5.91 Å². The van der Waals surface area contributed by atoms with Gasteiger partial charge in [0.25, 0.3) is 0 Å². The number of ether oxygens (including phenoxy) is 3. The number of rotatable bonds is 1. The van der Waals surface area contributed by atoms with Crippen LogP contribution in [0.4, 0.5) is 10.5 Å². The Bertz CT molecular complexity index is 1020. The largest absolute Gasteiger partial charge is 0.495 e. The van der Waals surface area contributed by atoms with E-state index in [-0.39, 0.29) is 31.0 Å². The molecule has 3 aliphatic heterocycles. The summed E-state index contributed by atoms with van der Waals surface area (Å²) in [7, 11) is 3.26. The van der Waals surface area contributed by atoms with Gasteiger partial charge in [0.1, 0.15) is 22.6 Å². The molecule has 2 N–H and O–H groups in total. The number of fused-ring (bicyclic) bond motifs is 5. The number of hydrogen-bond acceptors (Lipinski definition) is 6. The van der Waals surface area contributed by atoms with Crippen molar-refractivity contribution < 1.29 is 28.9 Å². The fourth-order valence-electron chi connectivity index (χ4n) is 4.58. The second-order valence-electron chi connectivity index (χ2n) is 9.28. The van der Waals surface area contributed by atoms with Gasteiger partial charge >= 0.3 is 6.09 Å². The van der Waals surface area contributed by atoms with E-state index in [1.54, 1.807) is 19.1 Å². The van der Waals surface area contributed by atoms with E-state index in [1.807, 2.05) is 37.3 Å². The zero-order chi connectivity index (χ0) is 24.5. The van der Waals surface area contributed by atoms with Crippen LogP contribution in [-0.4, -0.2) is 55.3 Å². The third-order valence-corrected chi connectivity index (χ3v) is 6.87. The van der Waals surface area contributed by atoms with E-state index in [0.29, 0.717) is 42.1 Å². The first-order valence-corrected chi connectivity index (χ1v) is 11.9. The quantitative estimate of drug-likeness (QED) is 0.579. The molecule has 3 aliphatic rings. The molecular weight excluding hydrogens is 460 g/mol. The third-order valence-electron chi connectivity index (χ3n) is 6.49. The summed E-state index contributed by atoms with van der Waals surface area (Å²) in [6, 6.07) is 3.78. The van der Waals surface area contributed by atoms with Crippen LogP contribution < -0.4 is 15.0 Å². The van der Waals surface area contributed by atoms with Gasteiger partial charge in [-0.05, 0) is 37.5 Å². The number of carbonyl (C=O) groups is 2. The number of anilines is 1. The molecule has 34 heavy (non-hydrogen) atoms. The first-order valence-electron chi connectivity index (χ1n) is 11.5. The maximum atomic E-state index is 12.9. The van der Waals surface area contributed by atoms with Crippen molar-refractivity contribution in [1.29, 1.82) is 0 Å². The van der Waals surface area contributed by atoms with E-state index in [1.165, 1.54) is 0 Å². The van der Waals surface area contributed by atoms with Gasteiger partial charge in [-0.1, -0.05) is 35.4 Å². The highest BCUT2D eigenvalue weighted by Crippen LogP contribution is 2.38. The molecule has 1 aromatic rings. The number of alkyl carbamates (subject to hydrolysis) is 1. The molecule has 4 atom stereocenters. The highest BCUT2D eigenvalue weighted by Gasteiger charge is 2.45.